The molecule has 0 spiro atoms. The molecule has 1 unspecified atom stereocenters. The van der Waals surface area contributed by atoms with E-state index in [9.17, 15) is 4.21 Å². The van der Waals surface area contributed by atoms with Gasteiger partial charge in [-0.2, -0.15) is 9.46 Å². The van der Waals surface area contributed by atoms with Crippen molar-refractivity contribution in [3.8, 4) is 0 Å². The Morgan fingerprint density at radius 3 is 2.67 bits per heavy atom. The van der Waals surface area contributed by atoms with Gasteiger partial charge in [-0.05, 0) is 5.92 Å². The minimum Gasteiger partial charge on any atom is -0.273 e. The highest BCUT2D eigenvalue weighted by Crippen LogP contribution is 2.25. The fourth-order valence-corrected chi connectivity index (χ4v) is 1.93. The summed E-state index contributed by atoms with van der Waals surface area (Å²) < 4.78 is 17.9. The molecular formula is C10H19N3OS. The molecule has 0 radical (unpaired) electrons. The molecule has 1 rings (SSSR count). The fraction of sp³-hybridized carbons (Fsp3) is 0.700. The molecule has 0 bridgehead atoms. The van der Waals surface area contributed by atoms with E-state index in [4.69, 9.17) is 0 Å². The SMILES string of the molecule is CCS(C)(=O)=Nc1cn(C)nc1C(C)C. The van der Waals surface area contributed by atoms with E-state index in [2.05, 4.69) is 23.3 Å². The Balaban J connectivity index is 3.27. The zero-order valence-corrected chi connectivity index (χ0v) is 10.8. The van der Waals surface area contributed by atoms with Gasteiger partial charge in [-0.25, -0.2) is 4.21 Å². The van der Waals surface area contributed by atoms with Crippen molar-refractivity contribution in [2.75, 3.05) is 12.0 Å². The third kappa shape index (κ3) is 3.06. The molecule has 0 amide bonds. The zero-order chi connectivity index (χ0) is 11.6. The van der Waals surface area contributed by atoms with E-state index in [0.717, 1.165) is 11.4 Å². The van der Waals surface area contributed by atoms with Crippen LogP contribution in [0.4, 0.5) is 5.69 Å². The van der Waals surface area contributed by atoms with Gasteiger partial charge in [0.25, 0.3) is 0 Å². The number of hydrogen-bond acceptors (Lipinski definition) is 3. The molecule has 0 aliphatic heterocycles. The molecule has 1 heterocycles. The molecule has 0 saturated carbocycles. The van der Waals surface area contributed by atoms with Crippen molar-refractivity contribution in [2.24, 2.45) is 11.4 Å². The highest BCUT2D eigenvalue weighted by molar-refractivity contribution is 7.93. The van der Waals surface area contributed by atoms with Gasteiger partial charge in [0.1, 0.15) is 5.69 Å². The van der Waals surface area contributed by atoms with E-state index >= 15 is 0 Å². The zero-order valence-electron chi connectivity index (χ0n) is 10.0. The van der Waals surface area contributed by atoms with Crippen LogP contribution in [-0.2, 0) is 16.8 Å². The number of hydrogen-bond donors (Lipinski definition) is 0. The lowest BCUT2D eigenvalue weighted by atomic mass is 10.1. The molecule has 1 aromatic rings. The molecule has 0 aliphatic carbocycles. The van der Waals surface area contributed by atoms with Crippen LogP contribution in [0.15, 0.2) is 10.6 Å². The third-order valence-corrected chi connectivity index (χ3v) is 3.87. The first-order valence-corrected chi connectivity index (χ1v) is 7.18. The third-order valence-electron chi connectivity index (χ3n) is 2.21. The van der Waals surface area contributed by atoms with E-state index in [0.29, 0.717) is 11.7 Å². The highest BCUT2D eigenvalue weighted by Gasteiger charge is 2.12. The monoisotopic (exact) mass is 229 g/mol. The topological polar surface area (TPSA) is 47.2 Å². The molecule has 4 nitrogen and oxygen atoms in total. The van der Waals surface area contributed by atoms with Crippen molar-refractivity contribution in [3.63, 3.8) is 0 Å². The van der Waals surface area contributed by atoms with Crippen LogP contribution in [0.25, 0.3) is 0 Å². The summed E-state index contributed by atoms with van der Waals surface area (Å²) in [4.78, 5) is 0. The quantitative estimate of drug-likeness (QED) is 0.798. The normalized spacial score (nSPS) is 15.3. The molecule has 1 aromatic heterocycles. The van der Waals surface area contributed by atoms with Gasteiger partial charge in [0.15, 0.2) is 0 Å². The second kappa shape index (κ2) is 4.35. The van der Waals surface area contributed by atoms with E-state index < -0.39 is 9.73 Å². The molecule has 0 fully saturated rings. The van der Waals surface area contributed by atoms with Crippen LogP contribution in [0.1, 0.15) is 32.4 Å². The van der Waals surface area contributed by atoms with Crippen molar-refractivity contribution in [3.05, 3.63) is 11.9 Å². The summed E-state index contributed by atoms with van der Waals surface area (Å²) in [6.07, 6.45) is 3.51. The maximum atomic E-state index is 11.9. The molecule has 0 aromatic carbocycles. The Morgan fingerprint density at radius 2 is 2.20 bits per heavy atom. The van der Waals surface area contributed by atoms with Gasteiger partial charge in [0, 0.05) is 28.8 Å². The van der Waals surface area contributed by atoms with E-state index in [-0.39, 0.29) is 0 Å². The summed E-state index contributed by atoms with van der Waals surface area (Å²) in [5.41, 5.74) is 1.68. The second-order valence-electron chi connectivity index (χ2n) is 4.07. The molecule has 5 heteroatoms. The molecule has 0 aliphatic rings. The average Bonchev–Trinajstić information content (AvgIpc) is 2.46. The second-order valence-corrected chi connectivity index (χ2v) is 6.75. The number of rotatable bonds is 3. The first kappa shape index (κ1) is 12.2. The highest BCUT2D eigenvalue weighted by atomic mass is 32.2. The predicted molar refractivity (Wildman–Crippen MR) is 64.0 cm³/mol. The van der Waals surface area contributed by atoms with Crippen LogP contribution in [0, 0.1) is 0 Å². The van der Waals surface area contributed by atoms with Gasteiger partial charge in [-0.1, -0.05) is 20.8 Å². The van der Waals surface area contributed by atoms with Crippen LogP contribution in [0.3, 0.4) is 0 Å². The van der Waals surface area contributed by atoms with Crippen molar-refractivity contribution in [1.82, 2.24) is 9.78 Å². The molecular weight excluding hydrogens is 210 g/mol. The van der Waals surface area contributed by atoms with Crippen LogP contribution >= 0.6 is 0 Å². The lowest BCUT2D eigenvalue weighted by Crippen LogP contribution is -1.98. The smallest absolute Gasteiger partial charge is 0.114 e. The maximum Gasteiger partial charge on any atom is 0.114 e. The summed E-state index contributed by atoms with van der Waals surface area (Å²) in [5.74, 6) is 0.872. The fourth-order valence-electron chi connectivity index (χ4n) is 1.25. The summed E-state index contributed by atoms with van der Waals surface area (Å²) in [5, 5.41) is 4.33. The van der Waals surface area contributed by atoms with Crippen LogP contribution in [0.2, 0.25) is 0 Å². The molecule has 0 N–H and O–H groups in total. The summed E-state index contributed by atoms with van der Waals surface area (Å²) in [6.45, 7) is 6.01. The molecule has 15 heavy (non-hydrogen) atoms. The van der Waals surface area contributed by atoms with Crippen LogP contribution < -0.4 is 0 Å². The first-order chi connectivity index (χ1) is 6.85. The summed E-state index contributed by atoms with van der Waals surface area (Å²) >= 11 is 0. The minimum atomic E-state index is -2.09. The summed E-state index contributed by atoms with van der Waals surface area (Å²) in [6, 6.07) is 0. The van der Waals surface area contributed by atoms with Crippen molar-refractivity contribution >= 4 is 15.4 Å². The van der Waals surface area contributed by atoms with Crippen molar-refractivity contribution in [2.45, 2.75) is 26.7 Å². The van der Waals surface area contributed by atoms with Gasteiger partial charge in [0.05, 0.1) is 11.9 Å². The number of aryl methyl sites for hydroxylation is 1. The maximum absolute atomic E-state index is 11.9. The predicted octanol–water partition coefficient (Wildman–Crippen LogP) is 2.29. The largest absolute Gasteiger partial charge is 0.273 e. The lowest BCUT2D eigenvalue weighted by Gasteiger charge is -2.02. The standard InChI is InChI=1S/C10H19N3OS/c1-6-15(5,14)12-9-7-13(4)11-10(9)8(2)3/h7-8H,6H2,1-5H3. The minimum absolute atomic E-state index is 0.303. The summed E-state index contributed by atoms with van der Waals surface area (Å²) in [7, 11) is -0.238. The Morgan fingerprint density at radius 1 is 1.60 bits per heavy atom. The lowest BCUT2D eigenvalue weighted by molar-refractivity contribution is 0.681. The van der Waals surface area contributed by atoms with Gasteiger partial charge < -0.3 is 0 Å². The molecule has 0 saturated heterocycles. The van der Waals surface area contributed by atoms with Gasteiger partial charge in [0.2, 0.25) is 0 Å². The van der Waals surface area contributed by atoms with E-state index in [1.54, 1.807) is 10.9 Å². The van der Waals surface area contributed by atoms with Gasteiger partial charge in [-0.15, -0.1) is 0 Å². The van der Waals surface area contributed by atoms with Crippen molar-refractivity contribution in [1.29, 1.82) is 0 Å². The van der Waals surface area contributed by atoms with Crippen molar-refractivity contribution < 1.29 is 4.21 Å². The Kier molecular flexibility index (Phi) is 3.54. The van der Waals surface area contributed by atoms with Gasteiger partial charge >= 0.3 is 0 Å². The number of aromatic nitrogens is 2. The Bertz CT molecular complexity index is 453. The van der Waals surface area contributed by atoms with E-state index in [1.165, 1.54) is 0 Å². The molecule has 86 valence electrons. The van der Waals surface area contributed by atoms with Gasteiger partial charge in [-0.3, -0.25) is 4.68 Å². The molecule has 1 atom stereocenters. The van der Waals surface area contributed by atoms with E-state index in [1.807, 2.05) is 20.2 Å². The Labute approximate surface area is 91.9 Å². The average molecular weight is 229 g/mol. The number of nitrogens with zero attached hydrogens (tertiary/aromatic N) is 3. The Hall–Kier alpha value is -0.840. The van der Waals surface area contributed by atoms with Crippen LogP contribution in [0.5, 0.6) is 0 Å². The first-order valence-electron chi connectivity index (χ1n) is 5.09. The van der Waals surface area contributed by atoms with Crippen LogP contribution in [-0.4, -0.2) is 26.0 Å².